The molecule has 1 heterocycles. The van der Waals surface area contributed by atoms with Crippen LogP contribution in [-0.2, 0) is 4.79 Å². The molecule has 1 unspecified atom stereocenters. The van der Waals surface area contributed by atoms with Crippen molar-refractivity contribution in [2.45, 2.75) is 77.7 Å². The Kier molecular flexibility index (Phi) is 6.32. The van der Waals surface area contributed by atoms with Crippen LogP contribution < -0.4 is 5.32 Å². The molecule has 0 spiro atoms. The second-order valence-corrected chi connectivity index (χ2v) is 5.66. The van der Waals surface area contributed by atoms with E-state index in [1.165, 1.54) is 32.1 Å². The fourth-order valence-corrected chi connectivity index (χ4v) is 2.57. The normalized spacial score (nSPS) is 23.0. The lowest BCUT2D eigenvalue weighted by Crippen LogP contribution is -2.46. The zero-order valence-corrected chi connectivity index (χ0v) is 12.6. The third-order valence-electron chi connectivity index (χ3n) is 4.22. The highest BCUT2D eigenvalue weighted by atomic mass is 16.2. The van der Waals surface area contributed by atoms with Crippen molar-refractivity contribution >= 4 is 11.9 Å². The number of hydrogen-bond donors (Lipinski definition) is 1. The number of rotatable bonds is 9. The lowest BCUT2D eigenvalue weighted by atomic mass is 9.97. The molecule has 0 aromatic carbocycles. The quantitative estimate of drug-likeness (QED) is 0.514. The summed E-state index contributed by atoms with van der Waals surface area (Å²) in [5.74, 6) is -0.150. The van der Waals surface area contributed by atoms with Crippen LogP contribution in [0.25, 0.3) is 0 Å². The van der Waals surface area contributed by atoms with Crippen LogP contribution in [0.4, 0.5) is 4.79 Å². The summed E-state index contributed by atoms with van der Waals surface area (Å²) in [6, 6.07) is -0.222. The van der Waals surface area contributed by atoms with E-state index in [1.807, 2.05) is 13.8 Å². The SMILES string of the molecule is CCCCCCCCCN1C(=O)NC(=O)C1(C)CC. The van der Waals surface area contributed by atoms with E-state index in [9.17, 15) is 9.59 Å². The van der Waals surface area contributed by atoms with Crippen molar-refractivity contribution in [2.24, 2.45) is 0 Å². The van der Waals surface area contributed by atoms with E-state index in [0.717, 1.165) is 12.8 Å². The first-order valence-electron chi connectivity index (χ1n) is 7.69. The Morgan fingerprint density at radius 3 is 2.16 bits per heavy atom. The number of urea groups is 1. The number of carbonyl (C=O) groups is 2. The van der Waals surface area contributed by atoms with Gasteiger partial charge in [-0.2, -0.15) is 0 Å². The Bertz CT molecular complexity index is 317. The predicted molar refractivity (Wildman–Crippen MR) is 76.9 cm³/mol. The number of amides is 3. The molecule has 0 radical (unpaired) electrons. The van der Waals surface area contributed by atoms with E-state index in [1.54, 1.807) is 4.90 Å². The largest absolute Gasteiger partial charge is 0.325 e. The highest BCUT2D eigenvalue weighted by molar-refractivity contribution is 6.06. The van der Waals surface area contributed by atoms with Crippen molar-refractivity contribution in [3.63, 3.8) is 0 Å². The summed E-state index contributed by atoms with van der Waals surface area (Å²) in [4.78, 5) is 25.2. The molecular formula is C15H28N2O2. The van der Waals surface area contributed by atoms with Gasteiger partial charge in [0.15, 0.2) is 0 Å². The smallest absolute Gasteiger partial charge is 0.310 e. The van der Waals surface area contributed by atoms with Crippen molar-refractivity contribution in [1.29, 1.82) is 0 Å². The standard InChI is InChI=1S/C15H28N2O2/c1-4-6-7-8-9-10-11-12-17-14(19)16-13(18)15(17,3)5-2/h4-12H2,1-3H3,(H,16,18,19). The molecule has 1 aliphatic heterocycles. The number of nitrogens with one attached hydrogen (secondary N) is 1. The van der Waals surface area contributed by atoms with Crippen LogP contribution in [0.2, 0.25) is 0 Å². The predicted octanol–water partition coefficient (Wildman–Crippen LogP) is 3.46. The second kappa shape index (κ2) is 7.51. The monoisotopic (exact) mass is 268 g/mol. The summed E-state index contributed by atoms with van der Waals surface area (Å²) in [5, 5.41) is 2.43. The number of hydrogen-bond acceptors (Lipinski definition) is 2. The van der Waals surface area contributed by atoms with Gasteiger partial charge in [-0.1, -0.05) is 52.4 Å². The molecule has 1 fully saturated rings. The third-order valence-corrected chi connectivity index (χ3v) is 4.22. The molecule has 1 rings (SSSR count). The fourth-order valence-electron chi connectivity index (χ4n) is 2.57. The average molecular weight is 268 g/mol. The first-order chi connectivity index (χ1) is 9.06. The number of carbonyl (C=O) groups excluding carboxylic acids is 2. The van der Waals surface area contributed by atoms with Gasteiger partial charge >= 0.3 is 6.03 Å². The van der Waals surface area contributed by atoms with Gasteiger partial charge in [-0.3, -0.25) is 10.1 Å². The van der Waals surface area contributed by atoms with Crippen molar-refractivity contribution in [1.82, 2.24) is 10.2 Å². The van der Waals surface area contributed by atoms with Crippen LogP contribution in [0.3, 0.4) is 0 Å². The Balaban J connectivity index is 2.28. The van der Waals surface area contributed by atoms with Crippen molar-refractivity contribution in [3.8, 4) is 0 Å². The fraction of sp³-hybridized carbons (Fsp3) is 0.867. The molecule has 0 bridgehead atoms. The molecule has 1 aliphatic rings. The minimum atomic E-state index is -0.640. The average Bonchev–Trinajstić information content (AvgIpc) is 2.61. The highest BCUT2D eigenvalue weighted by Gasteiger charge is 2.47. The van der Waals surface area contributed by atoms with Crippen LogP contribution in [0, 0.1) is 0 Å². The van der Waals surface area contributed by atoms with Gasteiger partial charge in [0.2, 0.25) is 0 Å². The number of unbranched alkanes of at least 4 members (excludes halogenated alkanes) is 6. The molecule has 110 valence electrons. The molecule has 0 saturated carbocycles. The summed E-state index contributed by atoms with van der Waals surface area (Å²) in [6.45, 7) is 6.72. The molecule has 0 aromatic rings. The third kappa shape index (κ3) is 3.95. The number of imide groups is 1. The van der Waals surface area contributed by atoms with Crippen LogP contribution in [0.1, 0.15) is 72.1 Å². The van der Waals surface area contributed by atoms with Crippen molar-refractivity contribution in [3.05, 3.63) is 0 Å². The maximum absolute atomic E-state index is 11.8. The lowest BCUT2D eigenvalue weighted by Gasteiger charge is -2.30. The zero-order chi connectivity index (χ0) is 14.3. The van der Waals surface area contributed by atoms with E-state index in [2.05, 4.69) is 12.2 Å². The summed E-state index contributed by atoms with van der Waals surface area (Å²) in [7, 11) is 0. The van der Waals surface area contributed by atoms with Crippen molar-refractivity contribution in [2.75, 3.05) is 6.54 Å². The van der Waals surface area contributed by atoms with Gasteiger partial charge in [-0.25, -0.2) is 4.79 Å². The summed E-state index contributed by atoms with van der Waals surface area (Å²) in [5.41, 5.74) is -0.640. The molecule has 1 N–H and O–H groups in total. The second-order valence-electron chi connectivity index (χ2n) is 5.66. The summed E-state index contributed by atoms with van der Waals surface area (Å²) >= 11 is 0. The molecule has 1 atom stereocenters. The topological polar surface area (TPSA) is 49.4 Å². The van der Waals surface area contributed by atoms with Gasteiger partial charge in [0.25, 0.3) is 5.91 Å². The van der Waals surface area contributed by atoms with E-state index in [-0.39, 0.29) is 11.9 Å². The highest BCUT2D eigenvalue weighted by Crippen LogP contribution is 2.25. The van der Waals surface area contributed by atoms with Gasteiger partial charge in [0, 0.05) is 6.54 Å². The molecule has 19 heavy (non-hydrogen) atoms. The van der Waals surface area contributed by atoms with Gasteiger partial charge in [0.05, 0.1) is 0 Å². The number of nitrogens with zero attached hydrogens (tertiary/aromatic N) is 1. The first kappa shape index (κ1) is 16.0. The van der Waals surface area contributed by atoms with Gasteiger partial charge in [0.1, 0.15) is 5.54 Å². The van der Waals surface area contributed by atoms with Gasteiger partial charge in [-0.15, -0.1) is 0 Å². The van der Waals surface area contributed by atoms with E-state index >= 15 is 0 Å². The van der Waals surface area contributed by atoms with E-state index < -0.39 is 5.54 Å². The Morgan fingerprint density at radius 1 is 1.00 bits per heavy atom. The Hall–Kier alpha value is -1.06. The summed E-state index contributed by atoms with van der Waals surface area (Å²) in [6.07, 6.45) is 9.20. The molecule has 0 aliphatic carbocycles. The van der Waals surface area contributed by atoms with Crippen molar-refractivity contribution < 1.29 is 9.59 Å². The van der Waals surface area contributed by atoms with E-state index in [0.29, 0.717) is 13.0 Å². The molecular weight excluding hydrogens is 240 g/mol. The van der Waals surface area contributed by atoms with Crippen LogP contribution in [0.5, 0.6) is 0 Å². The zero-order valence-electron chi connectivity index (χ0n) is 12.6. The summed E-state index contributed by atoms with van der Waals surface area (Å²) < 4.78 is 0. The Morgan fingerprint density at radius 2 is 1.58 bits per heavy atom. The first-order valence-corrected chi connectivity index (χ1v) is 7.69. The van der Waals surface area contributed by atoms with Gasteiger partial charge in [-0.05, 0) is 19.8 Å². The molecule has 1 saturated heterocycles. The van der Waals surface area contributed by atoms with Crippen LogP contribution >= 0.6 is 0 Å². The maximum atomic E-state index is 11.8. The van der Waals surface area contributed by atoms with Gasteiger partial charge < -0.3 is 4.90 Å². The minimum absolute atomic E-state index is 0.150. The molecule has 4 nitrogen and oxygen atoms in total. The van der Waals surface area contributed by atoms with Crippen LogP contribution in [-0.4, -0.2) is 28.9 Å². The minimum Gasteiger partial charge on any atom is -0.310 e. The maximum Gasteiger partial charge on any atom is 0.325 e. The Labute approximate surface area is 116 Å². The molecule has 3 amide bonds. The molecule has 0 aromatic heterocycles. The lowest BCUT2D eigenvalue weighted by molar-refractivity contribution is -0.126. The van der Waals surface area contributed by atoms with Crippen LogP contribution in [0.15, 0.2) is 0 Å². The molecule has 4 heteroatoms. The van der Waals surface area contributed by atoms with E-state index in [4.69, 9.17) is 0 Å².